The number of anilines is 2. The fourth-order valence-corrected chi connectivity index (χ4v) is 3.28. The predicted octanol–water partition coefficient (Wildman–Crippen LogP) is 4.62. The highest BCUT2D eigenvalue weighted by atomic mass is 16.2. The number of nitrogens with one attached hydrogen (secondary N) is 1. The SMILES string of the molecule is CC(C)C(=O)N(c1ccccc1)[C@H]1C[C@H](C)Nc2ccccc21. The minimum Gasteiger partial charge on any atom is -0.382 e. The topological polar surface area (TPSA) is 32.3 Å². The molecule has 0 spiro atoms. The van der Waals surface area contributed by atoms with Crippen molar-refractivity contribution in [1.82, 2.24) is 0 Å². The molecule has 1 amide bonds. The number of benzene rings is 2. The second-order valence-electron chi connectivity index (χ2n) is 6.58. The highest BCUT2D eigenvalue weighted by molar-refractivity contribution is 5.95. The Kier molecular flexibility index (Phi) is 4.37. The van der Waals surface area contributed by atoms with Crippen LogP contribution in [0.5, 0.6) is 0 Å². The van der Waals surface area contributed by atoms with Crippen molar-refractivity contribution in [3.63, 3.8) is 0 Å². The molecule has 2 aromatic carbocycles. The molecule has 3 rings (SSSR count). The van der Waals surface area contributed by atoms with E-state index in [1.807, 2.05) is 61.2 Å². The number of nitrogens with zero attached hydrogens (tertiary/aromatic N) is 1. The van der Waals surface area contributed by atoms with Crippen molar-refractivity contribution in [1.29, 1.82) is 0 Å². The van der Waals surface area contributed by atoms with E-state index in [2.05, 4.69) is 24.4 Å². The van der Waals surface area contributed by atoms with Crippen LogP contribution in [0.25, 0.3) is 0 Å². The van der Waals surface area contributed by atoms with Gasteiger partial charge in [-0.15, -0.1) is 0 Å². The van der Waals surface area contributed by atoms with Crippen molar-refractivity contribution in [2.24, 2.45) is 5.92 Å². The van der Waals surface area contributed by atoms with Gasteiger partial charge in [-0.05, 0) is 37.1 Å². The molecule has 0 aliphatic carbocycles. The molecule has 3 heteroatoms. The van der Waals surface area contributed by atoms with Crippen LogP contribution >= 0.6 is 0 Å². The Labute approximate surface area is 138 Å². The molecule has 3 nitrogen and oxygen atoms in total. The number of para-hydroxylation sites is 2. The average Bonchev–Trinajstić information content (AvgIpc) is 2.55. The first-order valence-corrected chi connectivity index (χ1v) is 8.31. The third kappa shape index (κ3) is 3.09. The Morgan fingerprint density at radius 1 is 1.09 bits per heavy atom. The molecule has 0 radical (unpaired) electrons. The van der Waals surface area contributed by atoms with Gasteiger partial charge < -0.3 is 10.2 Å². The zero-order valence-corrected chi connectivity index (χ0v) is 14.0. The van der Waals surface area contributed by atoms with Crippen molar-refractivity contribution >= 4 is 17.3 Å². The Balaban J connectivity index is 2.08. The van der Waals surface area contributed by atoms with E-state index in [1.54, 1.807) is 0 Å². The summed E-state index contributed by atoms with van der Waals surface area (Å²) in [6, 6.07) is 18.7. The molecule has 0 aromatic heterocycles. The van der Waals surface area contributed by atoms with E-state index in [4.69, 9.17) is 0 Å². The van der Waals surface area contributed by atoms with Crippen LogP contribution in [0.1, 0.15) is 38.8 Å². The standard InChI is InChI=1S/C20H24N2O/c1-14(2)20(23)22(16-9-5-4-6-10-16)19-13-15(3)21-18-12-8-7-11-17(18)19/h4-12,14-15,19,21H,13H2,1-3H3/t15-,19-/m0/s1. The van der Waals surface area contributed by atoms with Gasteiger partial charge in [0, 0.05) is 23.3 Å². The van der Waals surface area contributed by atoms with Gasteiger partial charge in [-0.25, -0.2) is 0 Å². The number of carbonyl (C=O) groups excluding carboxylic acids is 1. The summed E-state index contributed by atoms with van der Waals surface area (Å²) >= 11 is 0. The van der Waals surface area contributed by atoms with Crippen LogP contribution in [-0.4, -0.2) is 11.9 Å². The highest BCUT2D eigenvalue weighted by Crippen LogP contribution is 2.39. The number of hydrogen-bond acceptors (Lipinski definition) is 2. The van der Waals surface area contributed by atoms with E-state index in [0.717, 1.165) is 17.8 Å². The number of amides is 1. The van der Waals surface area contributed by atoms with E-state index in [9.17, 15) is 4.79 Å². The van der Waals surface area contributed by atoms with Gasteiger partial charge in [-0.3, -0.25) is 4.79 Å². The van der Waals surface area contributed by atoms with Crippen LogP contribution in [0.4, 0.5) is 11.4 Å². The highest BCUT2D eigenvalue weighted by Gasteiger charge is 2.33. The number of fused-ring (bicyclic) bond motifs is 1. The summed E-state index contributed by atoms with van der Waals surface area (Å²) in [6.45, 7) is 6.11. The van der Waals surface area contributed by atoms with E-state index in [0.29, 0.717) is 6.04 Å². The van der Waals surface area contributed by atoms with Gasteiger partial charge in [0.25, 0.3) is 0 Å². The van der Waals surface area contributed by atoms with E-state index >= 15 is 0 Å². The van der Waals surface area contributed by atoms with Crippen LogP contribution in [0.15, 0.2) is 54.6 Å². The molecule has 120 valence electrons. The monoisotopic (exact) mass is 308 g/mol. The second kappa shape index (κ2) is 6.45. The zero-order valence-electron chi connectivity index (χ0n) is 14.0. The van der Waals surface area contributed by atoms with Crippen LogP contribution in [0.2, 0.25) is 0 Å². The van der Waals surface area contributed by atoms with E-state index in [-0.39, 0.29) is 17.9 Å². The summed E-state index contributed by atoms with van der Waals surface area (Å²) in [5, 5.41) is 3.53. The lowest BCUT2D eigenvalue weighted by molar-refractivity contribution is -0.122. The number of hydrogen-bond donors (Lipinski definition) is 1. The number of carbonyl (C=O) groups is 1. The quantitative estimate of drug-likeness (QED) is 0.897. The molecule has 0 unspecified atom stereocenters. The van der Waals surface area contributed by atoms with Gasteiger partial charge in [0.2, 0.25) is 5.91 Å². The molecule has 1 aliphatic rings. The second-order valence-corrected chi connectivity index (χ2v) is 6.58. The molecule has 0 bridgehead atoms. The predicted molar refractivity (Wildman–Crippen MR) is 95.7 cm³/mol. The molecule has 0 saturated heterocycles. The lowest BCUT2D eigenvalue weighted by Gasteiger charge is -2.39. The normalized spacial score (nSPS) is 19.8. The largest absolute Gasteiger partial charge is 0.382 e. The summed E-state index contributed by atoms with van der Waals surface area (Å²) in [5.41, 5.74) is 3.30. The van der Waals surface area contributed by atoms with Gasteiger partial charge >= 0.3 is 0 Å². The van der Waals surface area contributed by atoms with Gasteiger partial charge in [0.05, 0.1) is 6.04 Å². The first-order chi connectivity index (χ1) is 11.1. The maximum Gasteiger partial charge on any atom is 0.230 e. The molecule has 1 N–H and O–H groups in total. The van der Waals surface area contributed by atoms with Gasteiger partial charge in [0.15, 0.2) is 0 Å². The molecule has 1 aliphatic heterocycles. The molecule has 0 fully saturated rings. The first-order valence-electron chi connectivity index (χ1n) is 8.31. The molecular weight excluding hydrogens is 284 g/mol. The van der Waals surface area contributed by atoms with Gasteiger partial charge in [-0.2, -0.15) is 0 Å². The zero-order chi connectivity index (χ0) is 16.4. The third-order valence-electron chi connectivity index (χ3n) is 4.38. The van der Waals surface area contributed by atoms with Crippen molar-refractivity contribution in [3.05, 3.63) is 60.2 Å². The fourth-order valence-electron chi connectivity index (χ4n) is 3.28. The molecular formula is C20H24N2O. The average molecular weight is 308 g/mol. The third-order valence-corrected chi connectivity index (χ3v) is 4.38. The first kappa shape index (κ1) is 15.6. The molecule has 2 atom stereocenters. The molecule has 23 heavy (non-hydrogen) atoms. The Hall–Kier alpha value is -2.29. The Morgan fingerprint density at radius 3 is 2.43 bits per heavy atom. The minimum atomic E-state index is -0.0347. The van der Waals surface area contributed by atoms with Crippen molar-refractivity contribution in [2.75, 3.05) is 10.2 Å². The summed E-state index contributed by atoms with van der Waals surface area (Å²) in [4.78, 5) is 15.0. The molecule has 0 saturated carbocycles. The lowest BCUT2D eigenvalue weighted by Crippen LogP contribution is -2.42. The van der Waals surface area contributed by atoms with Crippen LogP contribution < -0.4 is 10.2 Å². The van der Waals surface area contributed by atoms with Gasteiger partial charge in [0.1, 0.15) is 0 Å². The van der Waals surface area contributed by atoms with Crippen LogP contribution in [0, 0.1) is 5.92 Å². The number of rotatable bonds is 3. The van der Waals surface area contributed by atoms with Crippen LogP contribution in [0.3, 0.4) is 0 Å². The van der Waals surface area contributed by atoms with Gasteiger partial charge in [-0.1, -0.05) is 50.2 Å². The van der Waals surface area contributed by atoms with Crippen molar-refractivity contribution in [3.8, 4) is 0 Å². The maximum atomic E-state index is 13.0. The van der Waals surface area contributed by atoms with E-state index in [1.165, 1.54) is 5.56 Å². The Morgan fingerprint density at radius 2 is 1.74 bits per heavy atom. The lowest BCUT2D eigenvalue weighted by atomic mass is 9.91. The fraction of sp³-hybridized carbons (Fsp3) is 0.350. The summed E-state index contributed by atoms with van der Waals surface area (Å²) in [7, 11) is 0. The Bertz CT molecular complexity index is 681. The summed E-state index contributed by atoms with van der Waals surface area (Å²) < 4.78 is 0. The van der Waals surface area contributed by atoms with Crippen molar-refractivity contribution in [2.45, 2.75) is 39.3 Å². The summed E-state index contributed by atoms with van der Waals surface area (Å²) in [6.07, 6.45) is 0.907. The van der Waals surface area contributed by atoms with Crippen LogP contribution in [-0.2, 0) is 4.79 Å². The molecule has 1 heterocycles. The van der Waals surface area contributed by atoms with E-state index < -0.39 is 0 Å². The minimum absolute atomic E-state index is 0.0347. The maximum absolute atomic E-state index is 13.0. The molecule has 2 aromatic rings. The summed E-state index contributed by atoms with van der Waals surface area (Å²) in [5.74, 6) is 0.137. The van der Waals surface area contributed by atoms with Crippen molar-refractivity contribution < 1.29 is 4.79 Å². The smallest absolute Gasteiger partial charge is 0.230 e.